The number of amides is 1. The van der Waals surface area contributed by atoms with Gasteiger partial charge in [0, 0.05) is 31.4 Å². The van der Waals surface area contributed by atoms with E-state index >= 15 is 0 Å². The van der Waals surface area contributed by atoms with Gasteiger partial charge in [0.15, 0.2) is 0 Å². The zero-order valence-electron chi connectivity index (χ0n) is 12.6. The minimum Gasteiger partial charge on any atom is -0.397 e. The molecule has 0 bridgehead atoms. The van der Waals surface area contributed by atoms with Crippen molar-refractivity contribution in [1.82, 2.24) is 0 Å². The van der Waals surface area contributed by atoms with E-state index < -0.39 is 0 Å². The second-order valence-electron chi connectivity index (χ2n) is 5.15. The third-order valence-electron chi connectivity index (χ3n) is 3.37. The predicted molar refractivity (Wildman–Crippen MR) is 93.4 cm³/mol. The maximum Gasteiger partial charge on any atom is 0.224 e. The summed E-state index contributed by atoms with van der Waals surface area (Å²) in [6.07, 6.45) is 1.24. The molecule has 0 saturated heterocycles. The fourth-order valence-corrected chi connectivity index (χ4v) is 2.25. The van der Waals surface area contributed by atoms with Gasteiger partial charge in [-0.2, -0.15) is 0 Å². The highest BCUT2D eigenvalue weighted by atomic mass is 35.5. The summed E-state index contributed by atoms with van der Waals surface area (Å²) in [6.45, 7) is 0.820. The molecule has 22 heavy (non-hydrogen) atoms. The Hall–Kier alpha value is -2.20. The Balaban J connectivity index is 1.77. The van der Waals surface area contributed by atoms with Crippen molar-refractivity contribution in [2.45, 2.75) is 12.8 Å². The number of nitrogen functional groups attached to an aromatic ring is 1. The lowest BCUT2D eigenvalue weighted by Gasteiger charge is -2.18. The minimum atomic E-state index is -0.0248. The van der Waals surface area contributed by atoms with Crippen LogP contribution in [-0.2, 0) is 4.79 Å². The van der Waals surface area contributed by atoms with Gasteiger partial charge in [-0.15, -0.1) is 0 Å². The molecule has 0 aliphatic carbocycles. The van der Waals surface area contributed by atoms with Gasteiger partial charge in [-0.1, -0.05) is 29.8 Å². The van der Waals surface area contributed by atoms with Crippen molar-refractivity contribution in [1.29, 1.82) is 0 Å². The van der Waals surface area contributed by atoms with Crippen molar-refractivity contribution in [3.05, 3.63) is 53.6 Å². The topological polar surface area (TPSA) is 58.4 Å². The summed E-state index contributed by atoms with van der Waals surface area (Å²) in [5.41, 5.74) is 7.99. The first-order chi connectivity index (χ1) is 10.6. The molecule has 0 fully saturated rings. The van der Waals surface area contributed by atoms with E-state index in [1.165, 1.54) is 0 Å². The summed E-state index contributed by atoms with van der Waals surface area (Å²) in [5, 5.41) is 3.32. The Morgan fingerprint density at radius 1 is 1.23 bits per heavy atom. The SMILES string of the molecule is CN(CCCC(=O)Nc1ccc(Cl)c(N)c1)c1ccccc1. The highest BCUT2D eigenvalue weighted by Gasteiger charge is 2.06. The van der Waals surface area contributed by atoms with E-state index in [9.17, 15) is 4.79 Å². The maximum atomic E-state index is 11.9. The first kappa shape index (κ1) is 16.2. The molecule has 0 atom stereocenters. The molecule has 0 aromatic heterocycles. The van der Waals surface area contributed by atoms with Crippen molar-refractivity contribution in [2.75, 3.05) is 29.5 Å². The fourth-order valence-electron chi connectivity index (χ4n) is 2.13. The van der Waals surface area contributed by atoms with E-state index in [4.69, 9.17) is 17.3 Å². The Kier molecular flexibility index (Phi) is 5.67. The number of hydrogen-bond acceptors (Lipinski definition) is 3. The summed E-state index contributed by atoms with van der Waals surface area (Å²) < 4.78 is 0. The van der Waals surface area contributed by atoms with Crippen molar-refractivity contribution >= 4 is 34.6 Å². The second kappa shape index (κ2) is 7.71. The quantitative estimate of drug-likeness (QED) is 0.797. The molecule has 2 aromatic rings. The monoisotopic (exact) mass is 317 g/mol. The lowest BCUT2D eigenvalue weighted by atomic mass is 10.2. The van der Waals surface area contributed by atoms with Gasteiger partial charge < -0.3 is 16.0 Å². The number of para-hydroxylation sites is 1. The first-order valence-electron chi connectivity index (χ1n) is 7.17. The van der Waals surface area contributed by atoms with Crippen LogP contribution in [0.1, 0.15) is 12.8 Å². The molecule has 2 aromatic carbocycles. The summed E-state index contributed by atoms with van der Waals surface area (Å²) >= 11 is 5.85. The third kappa shape index (κ3) is 4.67. The molecular weight excluding hydrogens is 298 g/mol. The van der Waals surface area contributed by atoms with Crippen molar-refractivity contribution in [3.8, 4) is 0 Å². The van der Waals surface area contributed by atoms with Crippen LogP contribution in [0.3, 0.4) is 0 Å². The van der Waals surface area contributed by atoms with Crippen LogP contribution in [0.15, 0.2) is 48.5 Å². The van der Waals surface area contributed by atoms with Gasteiger partial charge in [-0.05, 0) is 36.8 Å². The summed E-state index contributed by atoms with van der Waals surface area (Å²) in [6, 6.07) is 15.2. The highest BCUT2D eigenvalue weighted by Crippen LogP contribution is 2.22. The molecule has 0 spiro atoms. The van der Waals surface area contributed by atoms with Gasteiger partial charge in [-0.3, -0.25) is 4.79 Å². The highest BCUT2D eigenvalue weighted by molar-refractivity contribution is 6.33. The number of rotatable bonds is 6. The third-order valence-corrected chi connectivity index (χ3v) is 3.72. The second-order valence-corrected chi connectivity index (χ2v) is 5.55. The number of halogens is 1. The largest absolute Gasteiger partial charge is 0.397 e. The Morgan fingerprint density at radius 3 is 2.64 bits per heavy atom. The average molecular weight is 318 g/mol. The van der Waals surface area contributed by atoms with Crippen LogP contribution in [0, 0.1) is 0 Å². The molecule has 0 heterocycles. The van der Waals surface area contributed by atoms with E-state index in [2.05, 4.69) is 22.3 Å². The first-order valence-corrected chi connectivity index (χ1v) is 7.55. The Morgan fingerprint density at radius 2 is 1.95 bits per heavy atom. The average Bonchev–Trinajstić information content (AvgIpc) is 2.51. The van der Waals surface area contributed by atoms with Crippen LogP contribution in [0.2, 0.25) is 5.02 Å². The zero-order valence-corrected chi connectivity index (χ0v) is 13.3. The van der Waals surface area contributed by atoms with Gasteiger partial charge >= 0.3 is 0 Å². The Labute approximate surface area is 135 Å². The van der Waals surface area contributed by atoms with Crippen LogP contribution in [0.4, 0.5) is 17.1 Å². The molecule has 3 N–H and O–H groups in total. The van der Waals surface area contributed by atoms with Crippen LogP contribution in [0.5, 0.6) is 0 Å². The zero-order chi connectivity index (χ0) is 15.9. The molecule has 5 heteroatoms. The van der Waals surface area contributed by atoms with Crippen LogP contribution in [0.25, 0.3) is 0 Å². The number of benzene rings is 2. The van der Waals surface area contributed by atoms with E-state index in [0.717, 1.165) is 18.7 Å². The molecule has 0 saturated carbocycles. The van der Waals surface area contributed by atoms with E-state index in [-0.39, 0.29) is 5.91 Å². The van der Waals surface area contributed by atoms with Gasteiger partial charge in [0.2, 0.25) is 5.91 Å². The van der Waals surface area contributed by atoms with E-state index in [1.54, 1.807) is 18.2 Å². The summed E-state index contributed by atoms with van der Waals surface area (Å²) in [4.78, 5) is 14.1. The number of anilines is 3. The Bertz CT molecular complexity index is 631. The molecule has 0 aliphatic heterocycles. The van der Waals surface area contributed by atoms with Crippen molar-refractivity contribution < 1.29 is 4.79 Å². The lowest BCUT2D eigenvalue weighted by Crippen LogP contribution is -2.20. The summed E-state index contributed by atoms with van der Waals surface area (Å²) in [5.74, 6) is -0.0248. The van der Waals surface area contributed by atoms with Crippen molar-refractivity contribution in [2.24, 2.45) is 0 Å². The molecule has 2 rings (SSSR count). The maximum absolute atomic E-state index is 11.9. The molecule has 1 amide bonds. The predicted octanol–water partition coefficient (Wildman–Crippen LogP) is 3.78. The standard InChI is InChI=1S/C17H20ClN3O/c1-21(14-6-3-2-4-7-14)11-5-8-17(22)20-13-9-10-15(18)16(19)12-13/h2-4,6-7,9-10,12H,5,8,11,19H2,1H3,(H,20,22). The number of nitrogens with two attached hydrogens (primary N) is 1. The smallest absolute Gasteiger partial charge is 0.224 e. The molecule has 0 unspecified atom stereocenters. The van der Waals surface area contributed by atoms with Crippen LogP contribution in [-0.4, -0.2) is 19.5 Å². The molecular formula is C17H20ClN3O. The fraction of sp³-hybridized carbons (Fsp3) is 0.235. The molecule has 116 valence electrons. The van der Waals surface area contributed by atoms with Gasteiger partial charge in [0.05, 0.1) is 10.7 Å². The van der Waals surface area contributed by atoms with Crippen LogP contribution >= 0.6 is 11.6 Å². The normalized spacial score (nSPS) is 10.3. The number of carbonyl (C=O) groups excluding carboxylic acids is 1. The number of carbonyl (C=O) groups is 1. The number of nitrogens with one attached hydrogen (secondary N) is 1. The summed E-state index contributed by atoms with van der Waals surface area (Å²) in [7, 11) is 2.02. The molecule has 0 aliphatic rings. The van der Waals surface area contributed by atoms with Crippen molar-refractivity contribution in [3.63, 3.8) is 0 Å². The van der Waals surface area contributed by atoms with Gasteiger partial charge in [0.1, 0.15) is 0 Å². The molecule has 0 radical (unpaired) electrons. The molecule has 4 nitrogen and oxygen atoms in total. The number of hydrogen-bond donors (Lipinski definition) is 2. The van der Waals surface area contributed by atoms with Gasteiger partial charge in [-0.25, -0.2) is 0 Å². The van der Waals surface area contributed by atoms with E-state index in [1.807, 2.05) is 25.2 Å². The van der Waals surface area contributed by atoms with Crippen LogP contribution < -0.4 is 16.0 Å². The minimum absolute atomic E-state index is 0.0248. The van der Waals surface area contributed by atoms with E-state index in [0.29, 0.717) is 22.8 Å². The number of nitrogens with zero attached hydrogens (tertiary/aromatic N) is 1. The lowest BCUT2D eigenvalue weighted by molar-refractivity contribution is -0.116. The van der Waals surface area contributed by atoms with Gasteiger partial charge in [0.25, 0.3) is 0 Å².